The lowest BCUT2D eigenvalue weighted by atomic mass is 10.0. The molecule has 1 aromatic carbocycles. The number of anilines is 1. The van der Waals surface area contributed by atoms with Gasteiger partial charge in [-0.3, -0.25) is 0 Å². The third-order valence-corrected chi connectivity index (χ3v) is 4.78. The molecule has 0 spiro atoms. The SMILES string of the molecule is CCCCCCCCCCN1C(=O)OC[C@@H]1Cc1ccc(N)cc1. The number of nitrogens with two attached hydrogens (primary N) is 1. The fourth-order valence-electron chi connectivity index (χ4n) is 3.27. The predicted octanol–water partition coefficient (Wildman–Crippen LogP) is 4.77. The molecule has 1 aliphatic rings. The van der Waals surface area contributed by atoms with E-state index < -0.39 is 0 Å². The van der Waals surface area contributed by atoms with Crippen LogP contribution >= 0.6 is 0 Å². The molecule has 134 valence electrons. The Hall–Kier alpha value is -1.71. The van der Waals surface area contributed by atoms with E-state index in [0.717, 1.165) is 25.1 Å². The van der Waals surface area contributed by atoms with Crippen LogP contribution in [0.3, 0.4) is 0 Å². The van der Waals surface area contributed by atoms with E-state index in [0.29, 0.717) is 6.61 Å². The van der Waals surface area contributed by atoms with Gasteiger partial charge >= 0.3 is 6.09 Å². The highest BCUT2D eigenvalue weighted by atomic mass is 16.6. The molecule has 24 heavy (non-hydrogen) atoms. The number of nitrogens with zero attached hydrogens (tertiary/aromatic N) is 1. The van der Waals surface area contributed by atoms with Crippen LogP contribution in [-0.2, 0) is 11.2 Å². The molecule has 1 aromatic rings. The number of amides is 1. The third kappa shape index (κ3) is 6.06. The molecule has 0 unspecified atom stereocenters. The summed E-state index contributed by atoms with van der Waals surface area (Å²) in [5.74, 6) is 0. The van der Waals surface area contributed by atoms with E-state index in [2.05, 4.69) is 6.92 Å². The Bertz CT molecular complexity index is 487. The van der Waals surface area contributed by atoms with Gasteiger partial charge in [-0.25, -0.2) is 4.79 Å². The number of nitrogen functional groups attached to an aromatic ring is 1. The molecule has 0 bridgehead atoms. The van der Waals surface area contributed by atoms with Gasteiger partial charge in [-0.2, -0.15) is 0 Å². The van der Waals surface area contributed by atoms with E-state index in [1.807, 2.05) is 29.2 Å². The van der Waals surface area contributed by atoms with Gasteiger partial charge in [0.1, 0.15) is 6.61 Å². The normalized spacial score (nSPS) is 17.3. The van der Waals surface area contributed by atoms with Crippen molar-refractivity contribution in [1.29, 1.82) is 0 Å². The van der Waals surface area contributed by atoms with Crippen LogP contribution in [0.4, 0.5) is 10.5 Å². The summed E-state index contributed by atoms with van der Waals surface area (Å²) in [7, 11) is 0. The average molecular weight is 332 g/mol. The number of hydrogen-bond donors (Lipinski definition) is 1. The van der Waals surface area contributed by atoms with Crippen LogP contribution < -0.4 is 5.73 Å². The number of hydrogen-bond acceptors (Lipinski definition) is 3. The van der Waals surface area contributed by atoms with Gasteiger partial charge in [0.2, 0.25) is 0 Å². The van der Waals surface area contributed by atoms with Gasteiger partial charge in [0.15, 0.2) is 0 Å². The zero-order chi connectivity index (χ0) is 17.2. The van der Waals surface area contributed by atoms with Crippen molar-refractivity contribution < 1.29 is 9.53 Å². The van der Waals surface area contributed by atoms with E-state index >= 15 is 0 Å². The fraction of sp³-hybridized carbons (Fsp3) is 0.650. The molecule has 2 N–H and O–H groups in total. The lowest BCUT2D eigenvalue weighted by Crippen LogP contribution is -2.35. The first kappa shape index (κ1) is 18.6. The number of carbonyl (C=O) groups excluding carboxylic acids is 1. The molecule has 2 rings (SSSR count). The van der Waals surface area contributed by atoms with E-state index in [1.54, 1.807) is 0 Å². The molecule has 1 fully saturated rings. The van der Waals surface area contributed by atoms with Crippen molar-refractivity contribution in [2.45, 2.75) is 70.8 Å². The van der Waals surface area contributed by atoms with E-state index in [-0.39, 0.29) is 12.1 Å². The zero-order valence-corrected chi connectivity index (χ0v) is 15.0. The van der Waals surface area contributed by atoms with Gasteiger partial charge in [0.25, 0.3) is 0 Å². The van der Waals surface area contributed by atoms with Crippen molar-refractivity contribution >= 4 is 11.8 Å². The molecule has 0 radical (unpaired) electrons. The quantitative estimate of drug-likeness (QED) is 0.469. The molecule has 0 saturated carbocycles. The van der Waals surface area contributed by atoms with Gasteiger partial charge in [0, 0.05) is 12.2 Å². The predicted molar refractivity (Wildman–Crippen MR) is 99.0 cm³/mol. The molecule has 1 amide bonds. The Morgan fingerprint density at radius 3 is 2.33 bits per heavy atom. The summed E-state index contributed by atoms with van der Waals surface area (Å²) >= 11 is 0. The van der Waals surface area contributed by atoms with Gasteiger partial charge in [-0.15, -0.1) is 0 Å². The molecule has 1 heterocycles. The van der Waals surface area contributed by atoms with Gasteiger partial charge in [-0.1, -0.05) is 64.0 Å². The largest absolute Gasteiger partial charge is 0.447 e. The monoisotopic (exact) mass is 332 g/mol. The first-order valence-electron chi connectivity index (χ1n) is 9.48. The summed E-state index contributed by atoms with van der Waals surface area (Å²) in [6, 6.07) is 8.05. The highest BCUT2D eigenvalue weighted by Crippen LogP contribution is 2.19. The number of carbonyl (C=O) groups is 1. The Morgan fingerprint density at radius 1 is 1.04 bits per heavy atom. The maximum absolute atomic E-state index is 12.0. The molecule has 0 aromatic heterocycles. The lowest BCUT2D eigenvalue weighted by Gasteiger charge is -2.21. The summed E-state index contributed by atoms with van der Waals surface area (Å²) < 4.78 is 5.26. The van der Waals surface area contributed by atoms with E-state index in [1.165, 1.54) is 50.5 Å². The van der Waals surface area contributed by atoms with Crippen LogP contribution in [0.2, 0.25) is 0 Å². The molecule has 4 heteroatoms. The second kappa shape index (κ2) is 10.2. The maximum atomic E-state index is 12.0. The first-order chi connectivity index (χ1) is 11.7. The van der Waals surface area contributed by atoms with Gasteiger partial charge < -0.3 is 15.4 Å². The standard InChI is InChI=1S/C20H32N2O2/c1-2-3-4-5-6-7-8-9-14-22-19(16-24-20(22)23)15-17-10-12-18(21)13-11-17/h10-13,19H,2-9,14-16,21H2,1H3/t19-/m0/s1. The molecule has 1 saturated heterocycles. The zero-order valence-electron chi connectivity index (χ0n) is 15.0. The van der Waals surface area contributed by atoms with Crippen molar-refractivity contribution in [2.75, 3.05) is 18.9 Å². The van der Waals surface area contributed by atoms with Crippen LogP contribution in [0.1, 0.15) is 63.9 Å². The second-order valence-corrected chi connectivity index (χ2v) is 6.84. The maximum Gasteiger partial charge on any atom is 0.410 e. The van der Waals surface area contributed by atoms with Crippen molar-refractivity contribution in [3.63, 3.8) is 0 Å². The number of cyclic esters (lactones) is 1. The topological polar surface area (TPSA) is 55.6 Å². The van der Waals surface area contributed by atoms with Crippen molar-refractivity contribution in [2.24, 2.45) is 0 Å². The minimum atomic E-state index is -0.154. The number of unbranched alkanes of at least 4 members (excludes halogenated alkanes) is 7. The highest BCUT2D eigenvalue weighted by molar-refractivity contribution is 5.70. The number of rotatable bonds is 11. The number of ether oxygens (including phenoxy) is 1. The van der Waals surface area contributed by atoms with Gasteiger partial charge in [-0.05, 0) is 30.5 Å². The molecule has 4 nitrogen and oxygen atoms in total. The smallest absolute Gasteiger partial charge is 0.410 e. The Labute approximate surface area is 146 Å². The van der Waals surface area contributed by atoms with Crippen LogP contribution in [0.5, 0.6) is 0 Å². The summed E-state index contributed by atoms with van der Waals surface area (Å²) in [5.41, 5.74) is 7.70. The van der Waals surface area contributed by atoms with E-state index in [4.69, 9.17) is 10.5 Å². The molecular weight excluding hydrogens is 300 g/mol. The minimum absolute atomic E-state index is 0.154. The fourth-order valence-corrected chi connectivity index (χ4v) is 3.27. The summed E-state index contributed by atoms with van der Waals surface area (Å²) in [5, 5.41) is 0. The number of benzene rings is 1. The molecule has 0 aliphatic carbocycles. The molecule has 1 atom stereocenters. The minimum Gasteiger partial charge on any atom is -0.447 e. The van der Waals surface area contributed by atoms with Crippen LogP contribution in [-0.4, -0.2) is 30.2 Å². The second-order valence-electron chi connectivity index (χ2n) is 6.84. The first-order valence-corrected chi connectivity index (χ1v) is 9.48. The van der Waals surface area contributed by atoms with E-state index in [9.17, 15) is 4.79 Å². The Morgan fingerprint density at radius 2 is 1.67 bits per heavy atom. The Balaban J connectivity index is 1.68. The highest BCUT2D eigenvalue weighted by Gasteiger charge is 2.32. The van der Waals surface area contributed by atoms with Crippen molar-refractivity contribution in [1.82, 2.24) is 4.90 Å². The molecule has 1 aliphatic heterocycles. The summed E-state index contributed by atoms with van der Waals surface area (Å²) in [6.07, 6.45) is 10.9. The Kier molecular flexibility index (Phi) is 7.93. The summed E-state index contributed by atoms with van der Waals surface area (Å²) in [6.45, 7) is 3.56. The molecular formula is C20H32N2O2. The lowest BCUT2D eigenvalue weighted by molar-refractivity contribution is 0.157. The average Bonchev–Trinajstić information content (AvgIpc) is 2.92. The van der Waals surface area contributed by atoms with Crippen LogP contribution in [0, 0.1) is 0 Å². The summed E-state index contributed by atoms with van der Waals surface area (Å²) in [4.78, 5) is 13.9. The van der Waals surface area contributed by atoms with Crippen molar-refractivity contribution in [3.8, 4) is 0 Å². The van der Waals surface area contributed by atoms with Crippen LogP contribution in [0.15, 0.2) is 24.3 Å². The van der Waals surface area contributed by atoms with Crippen LogP contribution in [0.25, 0.3) is 0 Å². The third-order valence-electron chi connectivity index (χ3n) is 4.78. The van der Waals surface area contributed by atoms with Crippen molar-refractivity contribution in [3.05, 3.63) is 29.8 Å². The van der Waals surface area contributed by atoms with Gasteiger partial charge in [0.05, 0.1) is 6.04 Å².